The lowest BCUT2D eigenvalue weighted by Crippen LogP contribution is -2.38. The third-order valence-electron chi connectivity index (χ3n) is 3.44. The quantitative estimate of drug-likeness (QED) is 0.861. The molecular weight excluding hydrogens is 258 g/mol. The molecule has 0 aliphatic carbocycles. The maximum Gasteiger partial charge on any atom is 0.123 e. The first kappa shape index (κ1) is 15.1. The zero-order valence-corrected chi connectivity index (χ0v) is 12.3. The molecule has 0 bridgehead atoms. The maximum absolute atomic E-state index is 5.62. The number of methoxy groups -OCH3 is 2. The highest BCUT2D eigenvalue weighted by atomic mass is 16.6. The number of ether oxygens (including phenoxy) is 4. The van der Waals surface area contributed by atoms with Gasteiger partial charge in [-0.05, 0) is 25.1 Å². The molecule has 1 aliphatic heterocycles. The van der Waals surface area contributed by atoms with Crippen molar-refractivity contribution in [3.8, 4) is 11.5 Å². The van der Waals surface area contributed by atoms with E-state index in [-0.39, 0.29) is 12.1 Å². The van der Waals surface area contributed by atoms with Gasteiger partial charge in [-0.3, -0.25) is 0 Å². The molecule has 0 amide bonds. The van der Waals surface area contributed by atoms with Crippen LogP contribution in [0.15, 0.2) is 18.2 Å². The molecule has 1 N–H and O–H groups in total. The molecule has 1 aromatic carbocycles. The van der Waals surface area contributed by atoms with Crippen LogP contribution in [-0.2, 0) is 9.47 Å². The summed E-state index contributed by atoms with van der Waals surface area (Å²) in [6.45, 7) is 4.86. The van der Waals surface area contributed by atoms with Crippen molar-refractivity contribution in [1.29, 1.82) is 0 Å². The van der Waals surface area contributed by atoms with Crippen LogP contribution >= 0.6 is 0 Å². The van der Waals surface area contributed by atoms with Gasteiger partial charge >= 0.3 is 0 Å². The van der Waals surface area contributed by atoms with E-state index in [1.807, 2.05) is 18.2 Å². The molecule has 1 aromatic rings. The standard InChI is InChI=1S/C15H23NO4/c1-11(16-9-13-10-19-6-7-20-13)14-8-12(17-2)4-5-15(14)18-3/h4-5,8,11,13,16H,6-7,9-10H2,1-3H3. The normalized spacial score (nSPS) is 20.4. The van der Waals surface area contributed by atoms with Crippen molar-refractivity contribution in [1.82, 2.24) is 5.32 Å². The first-order valence-electron chi connectivity index (χ1n) is 6.89. The largest absolute Gasteiger partial charge is 0.497 e. The van der Waals surface area contributed by atoms with Gasteiger partial charge in [-0.2, -0.15) is 0 Å². The van der Waals surface area contributed by atoms with E-state index >= 15 is 0 Å². The van der Waals surface area contributed by atoms with E-state index in [1.165, 1.54) is 0 Å². The molecule has 0 saturated carbocycles. The molecule has 1 saturated heterocycles. The third-order valence-corrected chi connectivity index (χ3v) is 3.44. The summed E-state index contributed by atoms with van der Waals surface area (Å²) in [6.07, 6.45) is 0.114. The van der Waals surface area contributed by atoms with Gasteiger partial charge in [-0.15, -0.1) is 0 Å². The summed E-state index contributed by atoms with van der Waals surface area (Å²) in [6, 6.07) is 5.96. The number of hydrogen-bond acceptors (Lipinski definition) is 5. The average Bonchev–Trinajstić information content (AvgIpc) is 2.52. The van der Waals surface area contributed by atoms with Gasteiger partial charge in [-0.25, -0.2) is 0 Å². The van der Waals surface area contributed by atoms with E-state index in [0.717, 1.165) is 23.6 Å². The van der Waals surface area contributed by atoms with Gasteiger partial charge in [0.05, 0.1) is 40.1 Å². The lowest BCUT2D eigenvalue weighted by molar-refractivity contribution is -0.0869. The van der Waals surface area contributed by atoms with Crippen LogP contribution in [0, 0.1) is 0 Å². The Balaban J connectivity index is 1.98. The molecule has 0 spiro atoms. The van der Waals surface area contributed by atoms with Crippen LogP contribution in [0.25, 0.3) is 0 Å². The predicted molar refractivity (Wildman–Crippen MR) is 76.5 cm³/mol. The summed E-state index contributed by atoms with van der Waals surface area (Å²) in [7, 11) is 3.34. The van der Waals surface area contributed by atoms with Gasteiger partial charge in [0.15, 0.2) is 0 Å². The fourth-order valence-electron chi connectivity index (χ4n) is 2.25. The molecule has 20 heavy (non-hydrogen) atoms. The lowest BCUT2D eigenvalue weighted by Gasteiger charge is -2.25. The Morgan fingerprint density at radius 1 is 1.30 bits per heavy atom. The fraction of sp³-hybridized carbons (Fsp3) is 0.600. The monoisotopic (exact) mass is 281 g/mol. The molecule has 0 aromatic heterocycles. The molecule has 2 rings (SSSR count). The molecule has 1 heterocycles. The predicted octanol–water partition coefficient (Wildman–Crippen LogP) is 1.77. The highest BCUT2D eigenvalue weighted by molar-refractivity contribution is 5.42. The molecule has 5 heteroatoms. The first-order valence-corrected chi connectivity index (χ1v) is 6.89. The second-order valence-corrected chi connectivity index (χ2v) is 4.81. The number of benzene rings is 1. The second kappa shape index (κ2) is 7.47. The van der Waals surface area contributed by atoms with Crippen molar-refractivity contribution in [2.45, 2.75) is 19.1 Å². The molecule has 2 unspecified atom stereocenters. The molecule has 1 fully saturated rings. The smallest absolute Gasteiger partial charge is 0.123 e. The van der Waals surface area contributed by atoms with Crippen LogP contribution < -0.4 is 14.8 Å². The van der Waals surface area contributed by atoms with Gasteiger partial charge in [0.1, 0.15) is 11.5 Å². The minimum absolute atomic E-state index is 0.114. The van der Waals surface area contributed by atoms with E-state index in [2.05, 4.69) is 12.2 Å². The van der Waals surface area contributed by atoms with Gasteiger partial charge in [0.25, 0.3) is 0 Å². The SMILES string of the molecule is COc1ccc(OC)c(C(C)NCC2COCCO2)c1. The van der Waals surface area contributed by atoms with Gasteiger partial charge in [0, 0.05) is 18.2 Å². The first-order chi connectivity index (χ1) is 9.74. The zero-order valence-electron chi connectivity index (χ0n) is 12.3. The van der Waals surface area contributed by atoms with Crippen LogP contribution in [0.3, 0.4) is 0 Å². The van der Waals surface area contributed by atoms with Gasteiger partial charge < -0.3 is 24.3 Å². The zero-order chi connectivity index (χ0) is 14.4. The van der Waals surface area contributed by atoms with Crippen molar-refractivity contribution >= 4 is 0 Å². The average molecular weight is 281 g/mol. The Hall–Kier alpha value is -1.30. The van der Waals surface area contributed by atoms with E-state index < -0.39 is 0 Å². The maximum atomic E-state index is 5.62. The summed E-state index contributed by atoms with van der Waals surface area (Å²) < 4.78 is 21.7. The van der Waals surface area contributed by atoms with E-state index in [1.54, 1.807) is 14.2 Å². The second-order valence-electron chi connectivity index (χ2n) is 4.81. The van der Waals surface area contributed by atoms with Crippen molar-refractivity contribution in [3.05, 3.63) is 23.8 Å². The third kappa shape index (κ3) is 3.85. The molecule has 5 nitrogen and oxygen atoms in total. The van der Waals surface area contributed by atoms with Crippen LogP contribution in [-0.4, -0.2) is 46.7 Å². The highest BCUT2D eigenvalue weighted by Crippen LogP contribution is 2.29. The van der Waals surface area contributed by atoms with Crippen molar-refractivity contribution < 1.29 is 18.9 Å². The van der Waals surface area contributed by atoms with Gasteiger partial charge in [0.2, 0.25) is 0 Å². The lowest BCUT2D eigenvalue weighted by atomic mass is 10.1. The van der Waals surface area contributed by atoms with Crippen molar-refractivity contribution in [2.24, 2.45) is 0 Å². The molecule has 1 aliphatic rings. The summed E-state index contributed by atoms with van der Waals surface area (Å²) >= 11 is 0. The van der Waals surface area contributed by atoms with Crippen LogP contribution in [0.2, 0.25) is 0 Å². The minimum Gasteiger partial charge on any atom is -0.497 e. The number of nitrogens with one attached hydrogen (secondary N) is 1. The van der Waals surface area contributed by atoms with Crippen molar-refractivity contribution in [3.63, 3.8) is 0 Å². The molecule has 0 radical (unpaired) electrons. The molecule has 112 valence electrons. The highest BCUT2D eigenvalue weighted by Gasteiger charge is 2.17. The Morgan fingerprint density at radius 3 is 2.80 bits per heavy atom. The Bertz CT molecular complexity index is 418. The fourth-order valence-corrected chi connectivity index (χ4v) is 2.25. The topological polar surface area (TPSA) is 49.0 Å². The van der Waals surface area contributed by atoms with Crippen LogP contribution in [0.4, 0.5) is 0 Å². The summed E-state index contributed by atoms with van der Waals surface area (Å²) in [5.74, 6) is 1.68. The summed E-state index contributed by atoms with van der Waals surface area (Å²) in [4.78, 5) is 0. The molecule has 2 atom stereocenters. The number of hydrogen-bond donors (Lipinski definition) is 1. The summed E-state index contributed by atoms with van der Waals surface area (Å²) in [5.41, 5.74) is 1.07. The molecular formula is C15H23NO4. The Kier molecular flexibility index (Phi) is 5.64. The Labute approximate surface area is 120 Å². The van der Waals surface area contributed by atoms with Crippen LogP contribution in [0.5, 0.6) is 11.5 Å². The van der Waals surface area contributed by atoms with Crippen LogP contribution in [0.1, 0.15) is 18.5 Å². The minimum atomic E-state index is 0.114. The van der Waals surface area contributed by atoms with E-state index in [4.69, 9.17) is 18.9 Å². The van der Waals surface area contributed by atoms with E-state index in [0.29, 0.717) is 19.8 Å². The van der Waals surface area contributed by atoms with Gasteiger partial charge in [-0.1, -0.05) is 0 Å². The summed E-state index contributed by atoms with van der Waals surface area (Å²) in [5, 5.41) is 3.45. The Morgan fingerprint density at radius 2 is 2.15 bits per heavy atom. The van der Waals surface area contributed by atoms with Crippen molar-refractivity contribution in [2.75, 3.05) is 40.6 Å². The van der Waals surface area contributed by atoms with E-state index in [9.17, 15) is 0 Å². The number of rotatable bonds is 6.